The molecule has 4 aromatic heterocycles. The normalized spacial score (nSPS) is 11.8. The van der Waals surface area contributed by atoms with Crippen LogP contribution in [0.15, 0.2) is 231 Å². The van der Waals surface area contributed by atoms with Crippen LogP contribution in [0.4, 0.5) is 5.69 Å². The Morgan fingerprint density at radius 1 is 0.378 bits per heavy atom. The lowest BCUT2D eigenvalue weighted by Crippen LogP contribution is -2.09. The minimum absolute atomic E-state index is 0.420. The van der Waals surface area contributed by atoms with Crippen molar-refractivity contribution in [3.05, 3.63) is 248 Å². The van der Waals surface area contributed by atoms with Crippen LogP contribution in [0.3, 0.4) is 0 Å². The highest BCUT2D eigenvalue weighted by Crippen LogP contribution is 2.55. The third kappa shape index (κ3) is 6.05. The second-order valence-corrected chi connectivity index (χ2v) is 20.9. The van der Waals surface area contributed by atoms with Crippen molar-refractivity contribution in [2.24, 2.45) is 0 Å². The maximum atomic E-state index is 12.1. The van der Waals surface area contributed by atoms with Gasteiger partial charge in [0, 0.05) is 63.6 Å². The summed E-state index contributed by atoms with van der Waals surface area (Å²) in [4.78, 5) is 4.67. The fourth-order valence-corrected chi connectivity index (χ4v) is 14.4. The molecular weight excluding hydrogens is 937 g/mol. The van der Waals surface area contributed by atoms with Crippen molar-refractivity contribution < 1.29 is 0 Å². The van der Waals surface area contributed by atoms with Gasteiger partial charge >= 0.3 is 0 Å². The molecule has 342 valence electrons. The van der Waals surface area contributed by atoms with Gasteiger partial charge in [-0.05, 0) is 57.6 Å². The van der Waals surface area contributed by atoms with Crippen LogP contribution in [0, 0.1) is 17.9 Å². The van der Waals surface area contributed by atoms with Crippen molar-refractivity contribution in [1.29, 1.82) is 5.26 Å². The molecule has 0 radical (unpaired) electrons. The second-order valence-electron chi connectivity index (χ2n) is 18.8. The fourth-order valence-electron chi connectivity index (χ4n) is 11.9. The summed E-state index contributed by atoms with van der Waals surface area (Å²) in [6.45, 7) is 9.55. The van der Waals surface area contributed by atoms with Crippen molar-refractivity contribution >= 4 is 112 Å². The highest BCUT2D eigenvalue weighted by Gasteiger charge is 2.33. The molecule has 6 heteroatoms. The molecule has 11 aromatic carbocycles. The van der Waals surface area contributed by atoms with Crippen molar-refractivity contribution in [3.63, 3.8) is 0 Å². The Kier molecular flexibility index (Phi) is 9.40. The first kappa shape index (κ1) is 42.2. The molecule has 15 rings (SSSR count). The molecule has 0 aliphatic carbocycles. The largest absolute Gasteiger partial charge is 0.316 e. The molecule has 15 aromatic rings. The predicted molar refractivity (Wildman–Crippen MR) is 314 cm³/mol. The van der Waals surface area contributed by atoms with Gasteiger partial charge in [0.25, 0.3) is 0 Å². The SMILES string of the molecule is [C-]#[N+]c1c(-c2ccccc2)c(C#N)c(-n2c3ccccc3c3ccc(-c4ccccc4-c4ccccc4)cc32)c(-c2ccccc2)c1-n1c2c(ccc3c4ccccc4sc32)c2ccc3c4ccccc4sc3c21. The van der Waals surface area contributed by atoms with E-state index in [0.717, 1.165) is 103 Å². The lowest BCUT2D eigenvalue weighted by molar-refractivity contribution is 1.14. The minimum atomic E-state index is 0.420. The molecule has 0 saturated carbocycles. The highest BCUT2D eigenvalue weighted by atomic mass is 32.1. The third-order valence-electron chi connectivity index (χ3n) is 15.0. The molecule has 0 unspecified atom stereocenters. The van der Waals surface area contributed by atoms with E-state index in [-0.39, 0.29) is 0 Å². The maximum Gasteiger partial charge on any atom is 0.220 e. The monoisotopic (exact) mass is 974 g/mol. The van der Waals surface area contributed by atoms with Crippen LogP contribution in [-0.4, -0.2) is 9.13 Å². The first-order valence-electron chi connectivity index (χ1n) is 24.7. The molecular formula is C68H38N4S2. The van der Waals surface area contributed by atoms with Crippen LogP contribution >= 0.6 is 22.7 Å². The summed E-state index contributed by atoms with van der Waals surface area (Å²) in [6.07, 6.45) is 0. The van der Waals surface area contributed by atoms with Gasteiger partial charge in [-0.15, -0.1) is 22.7 Å². The summed E-state index contributed by atoms with van der Waals surface area (Å²) in [5, 5.41) is 21.2. The number of rotatable bonds is 6. The molecule has 0 atom stereocenters. The molecule has 4 heterocycles. The Labute approximate surface area is 433 Å². The summed E-state index contributed by atoms with van der Waals surface area (Å²) < 4.78 is 9.48. The van der Waals surface area contributed by atoms with Gasteiger partial charge in [-0.25, -0.2) is 4.85 Å². The summed E-state index contributed by atoms with van der Waals surface area (Å²) in [7, 11) is 0. The third-order valence-corrected chi connectivity index (χ3v) is 17.4. The molecule has 0 saturated heterocycles. The molecule has 0 aliphatic heterocycles. The van der Waals surface area contributed by atoms with E-state index in [1.54, 1.807) is 22.7 Å². The fraction of sp³-hybridized carbons (Fsp3) is 0. The van der Waals surface area contributed by atoms with Crippen LogP contribution in [0.5, 0.6) is 0 Å². The number of hydrogen-bond acceptors (Lipinski definition) is 3. The van der Waals surface area contributed by atoms with Crippen molar-refractivity contribution in [2.45, 2.75) is 0 Å². The zero-order valence-electron chi connectivity index (χ0n) is 39.5. The van der Waals surface area contributed by atoms with Gasteiger partial charge in [0.05, 0.1) is 55.0 Å². The average Bonchev–Trinajstić information content (AvgIpc) is 4.23. The second kappa shape index (κ2) is 16.5. The summed E-state index contributed by atoms with van der Waals surface area (Å²) in [5.74, 6) is 0. The molecule has 74 heavy (non-hydrogen) atoms. The maximum absolute atomic E-state index is 12.1. The van der Waals surface area contributed by atoms with Gasteiger partial charge in [0.2, 0.25) is 5.69 Å². The molecule has 0 amide bonds. The molecule has 4 nitrogen and oxygen atoms in total. The van der Waals surface area contributed by atoms with E-state index < -0.39 is 0 Å². The molecule has 0 spiro atoms. The smallest absolute Gasteiger partial charge is 0.220 e. The van der Waals surface area contributed by atoms with Crippen LogP contribution in [0.25, 0.3) is 145 Å². The van der Waals surface area contributed by atoms with E-state index >= 15 is 0 Å². The van der Waals surface area contributed by atoms with Gasteiger partial charge in [0.1, 0.15) is 6.07 Å². The molecule has 0 N–H and O–H groups in total. The molecule has 0 bridgehead atoms. The Balaban J connectivity index is 1.20. The molecule has 0 fully saturated rings. The topological polar surface area (TPSA) is 38.0 Å². The van der Waals surface area contributed by atoms with E-state index in [0.29, 0.717) is 16.8 Å². The standard InChI is InChI=1S/C68H38N4S2/c1-70-62-60(42-21-7-3-8-22-42)55(40-69)63(71-56-30-16-13-27-47(56)48-34-33-44(39-57(48)71)46-26-12-11-25-45(46)41-19-5-2-6-20-41)61(43-23-9-4-10-24-43)66(62)72-64-51(35-37-53-49-28-14-17-31-58(49)73-67(53)64)52-36-38-54-50-29-15-18-32-59(50)74-68(54)65(52)72/h2-39H. The van der Waals surface area contributed by atoms with Crippen LogP contribution in [0.2, 0.25) is 0 Å². The minimum Gasteiger partial charge on any atom is -0.316 e. The van der Waals surface area contributed by atoms with Gasteiger partial charge in [-0.1, -0.05) is 206 Å². The Bertz CT molecular complexity index is 4780. The number of fused-ring (bicyclic) bond motifs is 14. The Hall–Kier alpha value is -9.56. The number of thiophene rings is 2. The van der Waals surface area contributed by atoms with Gasteiger partial charge in [0.15, 0.2) is 0 Å². The van der Waals surface area contributed by atoms with E-state index in [2.05, 4.69) is 214 Å². The van der Waals surface area contributed by atoms with E-state index in [9.17, 15) is 11.8 Å². The first-order valence-corrected chi connectivity index (χ1v) is 26.3. The van der Waals surface area contributed by atoms with Crippen LogP contribution < -0.4 is 0 Å². The predicted octanol–water partition coefficient (Wildman–Crippen LogP) is 19.7. The lowest BCUT2D eigenvalue weighted by atomic mass is 9.88. The lowest BCUT2D eigenvalue weighted by Gasteiger charge is -2.26. The number of nitrogens with zero attached hydrogens (tertiary/aromatic N) is 4. The van der Waals surface area contributed by atoms with Crippen molar-refractivity contribution in [1.82, 2.24) is 9.13 Å². The van der Waals surface area contributed by atoms with E-state index in [1.807, 2.05) is 36.4 Å². The zero-order chi connectivity index (χ0) is 49.0. The van der Waals surface area contributed by atoms with Crippen LogP contribution in [0.1, 0.15) is 5.56 Å². The highest BCUT2D eigenvalue weighted by molar-refractivity contribution is 7.27. The Morgan fingerprint density at radius 2 is 0.838 bits per heavy atom. The van der Waals surface area contributed by atoms with E-state index in [1.165, 1.54) is 30.9 Å². The summed E-state index contributed by atoms with van der Waals surface area (Å²) in [6, 6.07) is 84.4. The van der Waals surface area contributed by atoms with Crippen molar-refractivity contribution in [2.75, 3.05) is 0 Å². The Morgan fingerprint density at radius 3 is 1.42 bits per heavy atom. The van der Waals surface area contributed by atoms with Crippen molar-refractivity contribution in [3.8, 4) is 62.0 Å². The van der Waals surface area contributed by atoms with Crippen LogP contribution in [-0.2, 0) is 0 Å². The summed E-state index contributed by atoms with van der Waals surface area (Å²) in [5.41, 5.74) is 13.9. The van der Waals surface area contributed by atoms with Gasteiger partial charge < -0.3 is 9.13 Å². The molecule has 0 aliphatic rings. The van der Waals surface area contributed by atoms with E-state index in [4.69, 9.17) is 0 Å². The average molecular weight is 975 g/mol. The number of aromatic nitrogens is 2. The quantitative estimate of drug-likeness (QED) is 0.153. The first-order chi connectivity index (χ1) is 36.7. The number of nitriles is 1. The summed E-state index contributed by atoms with van der Waals surface area (Å²) >= 11 is 3.60. The zero-order valence-corrected chi connectivity index (χ0v) is 41.2. The number of benzene rings is 11. The van der Waals surface area contributed by atoms with Gasteiger partial charge in [-0.2, -0.15) is 5.26 Å². The number of hydrogen-bond donors (Lipinski definition) is 0. The number of para-hydroxylation sites is 1. The van der Waals surface area contributed by atoms with Gasteiger partial charge in [-0.3, -0.25) is 0 Å².